The Bertz CT molecular complexity index is 1020. The molecule has 2 saturated heterocycles. The van der Waals surface area contributed by atoms with Crippen LogP contribution >= 0.6 is 0 Å². The number of aromatic nitrogens is 6. The van der Waals surface area contributed by atoms with Crippen molar-refractivity contribution in [3.05, 3.63) is 36.0 Å². The van der Waals surface area contributed by atoms with Gasteiger partial charge in [-0.1, -0.05) is 0 Å². The number of hydrogen-bond donors (Lipinski definition) is 0. The lowest BCUT2D eigenvalue weighted by Crippen LogP contribution is -2.38. The van der Waals surface area contributed by atoms with Crippen LogP contribution in [0.25, 0.3) is 5.65 Å². The number of rotatable bonds is 3. The largest absolute Gasteiger partial charge is 0.433 e. The lowest BCUT2D eigenvalue weighted by Gasteiger charge is -2.33. The number of piperidine rings is 1. The third-order valence-electron chi connectivity index (χ3n) is 5.58. The van der Waals surface area contributed by atoms with Crippen LogP contribution in [-0.2, 0) is 6.18 Å². The van der Waals surface area contributed by atoms with Crippen LogP contribution in [0.5, 0.6) is 0 Å². The molecular weight excluding hydrogens is 385 g/mol. The lowest BCUT2D eigenvalue weighted by molar-refractivity contribution is -0.141. The topological polar surface area (TPSA) is 75.3 Å². The van der Waals surface area contributed by atoms with E-state index in [1.54, 1.807) is 4.52 Å². The van der Waals surface area contributed by atoms with Gasteiger partial charge in [-0.3, -0.25) is 0 Å². The van der Waals surface area contributed by atoms with Crippen molar-refractivity contribution in [2.45, 2.75) is 31.4 Å². The van der Waals surface area contributed by atoms with Gasteiger partial charge in [0.25, 0.3) is 0 Å². The number of hydrogen-bond acceptors (Lipinski definition) is 7. The van der Waals surface area contributed by atoms with Gasteiger partial charge in [-0.2, -0.15) is 17.7 Å². The Morgan fingerprint density at radius 1 is 0.897 bits per heavy atom. The molecule has 0 aliphatic carbocycles. The molecule has 0 N–H and O–H groups in total. The first-order valence-electron chi connectivity index (χ1n) is 9.60. The van der Waals surface area contributed by atoms with E-state index in [4.69, 9.17) is 5.10 Å². The molecule has 5 rings (SSSR count). The van der Waals surface area contributed by atoms with E-state index in [0.29, 0.717) is 24.6 Å². The van der Waals surface area contributed by atoms with Crippen molar-refractivity contribution >= 4 is 17.3 Å². The second-order valence-electron chi connectivity index (χ2n) is 7.38. The van der Waals surface area contributed by atoms with E-state index in [2.05, 4.69) is 25.1 Å². The first-order chi connectivity index (χ1) is 14.0. The molecule has 0 radical (unpaired) electrons. The minimum Gasteiger partial charge on any atom is -0.356 e. The molecular formula is C18H19F3N8. The summed E-state index contributed by atoms with van der Waals surface area (Å²) >= 11 is 0. The monoisotopic (exact) mass is 404 g/mol. The van der Waals surface area contributed by atoms with Crippen LogP contribution in [0.3, 0.4) is 0 Å². The number of anilines is 2. The molecule has 2 aliphatic rings. The van der Waals surface area contributed by atoms with Gasteiger partial charge in [-0.05, 0) is 31.4 Å². The summed E-state index contributed by atoms with van der Waals surface area (Å²) in [5, 5.41) is 13.3. The Hall–Kier alpha value is -2.98. The average molecular weight is 404 g/mol. The molecule has 0 amide bonds. The summed E-state index contributed by atoms with van der Waals surface area (Å²) in [4.78, 5) is 11.4. The fraction of sp³-hybridized carbons (Fsp3) is 0.500. The van der Waals surface area contributed by atoms with E-state index in [9.17, 15) is 13.2 Å². The first-order valence-corrected chi connectivity index (χ1v) is 9.60. The molecule has 0 saturated carbocycles. The van der Waals surface area contributed by atoms with Gasteiger partial charge in [0.05, 0.1) is 0 Å². The second-order valence-corrected chi connectivity index (χ2v) is 7.38. The maximum absolute atomic E-state index is 12.9. The summed E-state index contributed by atoms with van der Waals surface area (Å²) in [7, 11) is 0. The molecule has 29 heavy (non-hydrogen) atoms. The SMILES string of the molecule is FC(F)(F)c1cc(N2CCC(c3nnc4ccc(N5CCC5)nn34)CC2)ncn1. The zero-order chi connectivity index (χ0) is 20.0. The minimum absolute atomic E-state index is 0.143. The normalized spacial score (nSPS) is 18.3. The summed E-state index contributed by atoms with van der Waals surface area (Å²) in [6.45, 7) is 3.18. The molecule has 11 heteroatoms. The predicted octanol–water partition coefficient (Wildman–Crippen LogP) is 2.53. The third-order valence-corrected chi connectivity index (χ3v) is 5.58. The fourth-order valence-electron chi connectivity index (χ4n) is 3.81. The van der Waals surface area contributed by atoms with Crippen molar-refractivity contribution in [1.29, 1.82) is 0 Å². The van der Waals surface area contributed by atoms with Crippen molar-refractivity contribution in [2.75, 3.05) is 36.0 Å². The fourth-order valence-corrected chi connectivity index (χ4v) is 3.81. The molecule has 5 heterocycles. The molecule has 3 aromatic heterocycles. The maximum atomic E-state index is 12.9. The highest BCUT2D eigenvalue weighted by Gasteiger charge is 2.34. The highest BCUT2D eigenvalue weighted by atomic mass is 19.4. The highest BCUT2D eigenvalue weighted by molar-refractivity contribution is 5.47. The summed E-state index contributed by atoms with van der Waals surface area (Å²) in [5.41, 5.74) is -0.215. The molecule has 0 atom stereocenters. The Balaban J connectivity index is 1.33. The van der Waals surface area contributed by atoms with E-state index >= 15 is 0 Å². The van der Waals surface area contributed by atoms with E-state index in [1.807, 2.05) is 17.0 Å². The average Bonchev–Trinajstić information content (AvgIpc) is 3.10. The van der Waals surface area contributed by atoms with Crippen molar-refractivity contribution in [3.8, 4) is 0 Å². The third kappa shape index (κ3) is 3.34. The molecule has 0 aromatic carbocycles. The Kier molecular flexibility index (Phi) is 4.25. The van der Waals surface area contributed by atoms with Gasteiger partial charge < -0.3 is 9.80 Å². The molecule has 0 bridgehead atoms. The van der Waals surface area contributed by atoms with Crippen LogP contribution in [-0.4, -0.2) is 56.0 Å². The van der Waals surface area contributed by atoms with Gasteiger partial charge in [0, 0.05) is 38.2 Å². The number of alkyl halides is 3. The minimum atomic E-state index is -4.48. The Morgan fingerprint density at radius 2 is 1.66 bits per heavy atom. The summed E-state index contributed by atoms with van der Waals surface area (Å²) in [6.07, 6.45) is -0.858. The summed E-state index contributed by atoms with van der Waals surface area (Å²) < 4.78 is 40.5. The van der Waals surface area contributed by atoms with Gasteiger partial charge in [-0.25, -0.2) is 9.97 Å². The van der Waals surface area contributed by atoms with Gasteiger partial charge in [0.15, 0.2) is 11.5 Å². The Morgan fingerprint density at radius 3 is 2.34 bits per heavy atom. The maximum Gasteiger partial charge on any atom is 0.433 e. The van der Waals surface area contributed by atoms with E-state index in [0.717, 1.165) is 50.0 Å². The lowest BCUT2D eigenvalue weighted by atomic mass is 9.96. The predicted molar refractivity (Wildman–Crippen MR) is 98.8 cm³/mol. The van der Waals surface area contributed by atoms with Gasteiger partial charge in [-0.15, -0.1) is 15.3 Å². The van der Waals surface area contributed by atoms with E-state index in [-0.39, 0.29) is 5.92 Å². The summed E-state index contributed by atoms with van der Waals surface area (Å²) in [6, 6.07) is 4.89. The van der Waals surface area contributed by atoms with Crippen LogP contribution in [0.1, 0.15) is 36.7 Å². The smallest absolute Gasteiger partial charge is 0.356 e. The zero-order valence-corrected chi connectivity index (χ0v) is 15.5. The molecule has 2 fully saturated rings. The van der Waals surface area contributed by atoms with Crippen molar-refractivity contribution < 1.29 is 13.2 Å². The number of nitrogens with zero attached hydrogens (tertiary/aromatic N) is 8. The van der Waals surface area contributed by atoms with Gasteiger partial charge in [0.2, 0.25) is 0 Å². The number of halogens is 3. The molecule has 2 aliphatic heterocycles. The van der Waals surface area contributed by atoms with E-state index in [1.165, 1.54) is 6.42 Å². The quantitative estimate of drug-likeness (QED) is 0.664. The molecule has 0 spiro atoms. The van der Waals surface area contributed by atoms with Crippen LogP contribution < -0.4 is 9.80 Å². The standard InChI is InChI=1S/C18H19F3N8/c19-18(20,21)13-10-16(23-11-22-13)28-8-4-12(5-9-28)17-25-24-14-2-3-15(26-29(14)17)27-6-1-7-27/h2-3,10-12H,1,4-9H2. The summed E-state index contributed by atoms with van der Waals surface area (Å²) in [5.74, 6) is 2.17. The Labute approximate surface area is 164 Å². The highest BCUT2D eigenvalue weighted by Crippen LogP contribution is 2.32. The van der Waals surface area contributed by atoms with Crippen LogP contribution in [0.15, 0.2) is 24.5 Å². The zero-order valence-electron chi connectivity index (χ0n) is 15.5. The van der Waals surface area contributed by atoms with Gasteiger partial charge in [0.1, 0.15) is 23.7 Å². The first kappa shape index (κ1) is 18.1. The van der Waals surface area contributed by atoms with Crippen molar-refractivity contribution in [1.82, 2.24) is 29.8 Å². The second kappa shape index (κ2) is 6.82. The van der Waals surface area contributed by atoms with Crippen LogP contribution in [0.2, 0.25) is 0 Å². The van der Waals surface area contributed by atoms with Crippen LogP contribution in [0.4, 0.5) is 24.8 Å². The molecule has 0 unspecified atom stereocenters. The molecule has 152 valence electrons. The van der Waals surface area contributed by atoms with Crippen LogP contribution in [0, 0.1) is 0 Å². The number of fused-ring (bicyclic) bond motifs is 1. The molecule has 8 nitrogen and oxygen atoms in total. The van der Waals surface area contributed by atoms with Crippen molar-refractivity contribution in [2.24, 2.45) is 0 Å². The van der Waals surface area contributed by atoms with Crippen molar-refractivity contribution in [3.63, 3.8) is 0 Å². The molecule has 3 aromatic rings. The van der Waals surface area contributed by atoms with E-state index < -0.39 is 11.9 Å². The van der Waals surface area contributed by atoms with Gasteiger partial charge >= 0.3 is 6.18 Å².